The molecule has 6 nitrogen and oxygen atoms in total. The summed E-state index contributed by atoms with van der Waals surface area (Å²) < 4.78 is 4.99. The Bertz CT molecular complexity index is 279. The highest BCUT2D eigenvalue weighted by Gasteiger charge is 2.20. The lowest BCUT2D eigenvalue weighted by molar-refractivity contribution is -0.137. The van der Waals surface area contributed by atoms with Crippen LogP contribution in [0.3, 0.4) is 0 Å². The molecule has 0 bridgehead atoms. The van der Waals surface area contributed by atoms with Gasteiger partial charge in [-0.25, -0.2) is 4.79 Å². The first-order valence-electron chi connectivity index (χ1n) is 6.03. The molecule has 0 saturated carbocycles. The smallest absolute Gasteiger partial charge is 0.315 e. The number of carbonyl (C=O) groups is 2. The molecule has 1 unspecified atom stereocenters. The second-order valence-electron chi connectivity index (χ2n) is 5.19. The van der Waals surface area contributed by atoms with Gasteiger partial charge in [0.1, 0.15) is 0 Å². The third-order valence-electron chi connectivity index (χ3n) is 2.42. The monoisotopic (exact) mass is 260 g/mol. The molecule has 2 amide bonds. The summed E-state index contributed by atoms with van der Waals surface area (Å²) in [5, 5.41) is 14.0. The molecule has 0 aliphatic carbocycles. The maximum Gasteiger partial charge on any atom is 0.315 e. The van der Waals surface area contributed by atoms with Crippen LogP contribution < -0.4 is 10.6 Å². The van der Waals surface area contributed by atoms with Crippen LogP contribution in [-0.2, 0) is 9.53 Å². The van der Waals surface area contributed by atoms with Gasteiger partial charge in [-0.05, 0) is 26.2 Å². The predicted molar refractivity (Wildman–Crippen MR) is 68.5 cm³/mol. The van der Waals surface area contributed by atoms with E-state index < -0.39 is 11.5 Å². The van der Waals surface area contributed by atoms with E-state index in [0.717, 1.165) is 0 Å². The van der Waals surface area contributed by atoms with Crippen molar-refractivity contribution in [3.8, 4) is 0 Å². The number of methoxy groups -OCH3 is 1. The number of hydrogen-bond acceptors (Lipinski definition) is 3. The number of carbonyl (C=O) groups excluding carboxylic acids is 1. The molecule has 106 valence electrons. The Morgan fingerprint density at radius 1 is 1.39 bits per heavy atom. The van der Waals surface area contributed by atoms with Gasteiger partial charge < -0.3 is 20.5 Å². The molecule has 1 atom stereocenters. The Morgan fingerprint density at radius 3 is 2.50 bits per heavy atom. The molecule has 0 fully saturated rings. The number of aliphatic carboxylic acids is 1. The van der Waals surface area contributed by atoms with Gasteiger partial charge in [0.2, 0.25) is 0 Å². The quantitative estimate of drug-likeness (QED) is 0.612. The third-order valence-corrected chi connectivity index (χ3v) is 2.42. The zero-order valence-electron chi connectivity index (χ0n) is 11.6. The predicted octanol–water partition coefficient (Wildman–Crippen LogP) is 1.21. The Morgan fingerprint density at radius 2 is 2.00 bits per heavy atom. The Hall–Kier alpha value is -1.30. The number of hydrogen-bond donors (Lipinski definition) is 3. The van der Waals surface area contributed by atoms with Crippen molar-refractivity contribution in [1.29, 1.82) is 0 Å². The van der Waals surface area contributed by atoms with Crippen molar-refractivity contribution in [2.24, 2.45) is 5.92 Å². The van der Waals surface area contributed by atoms with Crippen LogP contribution in [0.1, 0.15) is 33.6 Å². The first-order valence-corrected chi connectivity index (χ1v) is 6.03. The zero-order chi connectivity index (χ0) is 14.2. The fourth-order valence-electron chi connectivity index (χ4n) is 1.49. The molecule has 0 aromatic carbocycles. The van der Waals surface area contributed by atoms with Crippen LogP contribution in [0.15, 0.2) is 0 Å². The maximum absolute atomic E-state index is 11.6. The normalized spacial score (nSPS) is 12.9. The second kappa shape index (κ2) is 7.92. The van der Waals surface area contributed by atoms with Crippen molar-refractivity contribution >= 4 is 12.0 Å². The van der Waals surface area contributed by atoms with Crippen LogP contribution >= 0.6 is 0 Å². The third kappa shape index (κ3) is 8.81. The van der Waals surface area contributed by atoms with E-state index in [2.05, 4.69) is 10.6 Å². The highest BCUT2D eigenvalue weighted by atomic mass is 16.5. The van der Waals surface area contributed by atoms with Crippen LogP contribution in [0.5, 0.6) is 0 Å². The van der Waals surface area contributed by atoms with Gasteiger partial charge in [0.25, 0.3) is 0 Å². The van der Waals surface area contributed by atoms with Crippen LogP contribution in [0, 0.1) is 5.92 Å². The molecule has 0 radical (unpaired) electrons. The second-order valence-corrected chi connectivity index (χ2v) is 5.19. The average Bonchev–Trinajstić information content (AvgIpc) is 2.22. The van der Waals surface area contributed by atoms with Gasteiger partial charge in [0.15, 0.2) is 0 Å². The lowest BCUT2D eigenvalue weighted by atomic mass is 10.1. The largest absolute Gasteiger partial charge is 0.481 e. The van der Waals surface area contributed by atoms with Gasteiger partial charge >= 0.3 is 12.0 Å². The molecule has 0 heterocycles. The highest BCUT2D eigenvalue weighted by molar-refractivity contribution is 5.74. The molecule has 0 rings (SSSR count). The van der Waals surface area contributed by atoms with Gasteiger partial charge in [-0.1, -0.05) is 6.92 Å². The Kier molecular flexibility index (Phi) is 7.35. The van der Waals surface area contributed by atoms with E-state index in [1.807, 2.05) is 20.8 Å². The first kappa shape index (κ1) is 16.7. The zero-order valence-corrected chi connectivity index (χ0v) is 11.6. The lowest BCUT2D eigenvalue weighted by Gasteiger charge is -2.25. The summed E-state index contributed by atoms with van der Waals surface area (Å²) in [6.07, 6.45) is 0.677. The van der Waals surface area contributed by atoms with Crippen molar-refractivity contribution in [1.82, 2.24) is 10.6 Å². The molecular formula is C12H24N2O4. The summed E-state index contributed by atoms with van der Waals surface area (Å²) in [5.41, 5.74) is -0.427. The molecule has 0 aliphatic heterocycles. The van der Waals surface area contributed by atoms with Gasteiger partial charge in [-0.3, -0.25) is 4.79 Å². The highest BCUT2D eigenvalue weighted by Crippen LogP contribution is 2.04. The van der Waals surface area contributed by atoms with Crippen molar-refractivity contribution in [3.05, 3.63) is 0 Å². The Labute approximate surface area is 108 Å². The summed E-state index contributed by atoms with van der Waals surface area (Å²) in [7, 11) is 1.58. The lowest BCUT2D eigenvalue weighted by Crippen LogP contribution is -2.51. The molecule has 0 aromatic rings. The summed E-state index contributed by atoms with van der Waals surface area (Å²) in [4.78, 5) is 22.0. The number of ether oxygens (including phenoxy) is 1. The summed E-state index contributed by atoms with van der Waals surface area (Å²) >= 11 is 0. The van der Waals surface area contributed by atoms with E-state index in [0.29, 0.717) is 19.6 Å². The van der Waals surface area contributed by atoms with E-state index in [4.69, 9.17) is 9.84 Å². The fraction of sp³-hybridized carbons (Fsp3) is 0.833. The molecule has 0 aliphatic rings. The minimum atomic E-state index is -0.812. The molecule has 3 N–H and O–H groups in total. The molecular weight excluding hydrogens is 236 g/mol. The van der Waals surface area contributed by atoms with E-state index in [9.17, 15) is 9.59 Å². The van der Waals surface area contributed by atoms with Crippen LogP contribution in [0.25, 0.3) is 0 Å². The minimum absolute atomic E-state index is 0.125. The van der Waals surface area contributed by atoms with Gasteiger partial charge in [0, 0.05) is 20.1 Å². The molecule has 6 heteroatoms. The molecule has 0 spiro atoms. The summed E-state index contributed by atoms with van der Waals surface area (Å²) in [5.74, 6) is -0.676. The van der Waals surface area contributed by atoms with Gasteiger partial charge in [-0.2, -0.15) is 0 Å². The fourth-order valence-corrected chi connectivity index (χ4v) is 1.49. The summed E-state index contributed by atoms with van der Waals surface area (Å²) in [6, 6.07) is -0.265. The summed E-state index contributed by atoms with van der Waals surface area (Å²) in [6.45, 7) is 6.52. The molecule has 0 saturated heterocycles. The van der Waals surface area contributed by atoms with Crippen molar-refractivity contribution in [2.75, 3.05) is 20.3 Å². The standard InChI is InChI=1S/C12H24N2O4/c1-9(5-6-10(15)16)7-13-11(17)14-12(2,3)8-18-4/h9H,5-8H2,1-4H3,(H,15,16)(H2,13,14,17). The number of carboxylic acid groups (broad SMARTS) is 1. The van der Waals surface area contributed by atoms with E-state index >= 15 is 0 Å². The first-order chi connectivity index (χ1) is 8.26. The van der Waals surface area contributed by atoms with E-state index in [1.165, 1.54) is 0 Å². The number of rotatable bonds is 8. The number of urea groups is 1. The van der Waals surface area contributed by atoms with Crippen LogP contribution in [0.4, 0.5) is 4.79 Å². The number of carboxylic acids is 1. The van der Waals surface area contributed by atoms with Crippen molar-refractivity contribution in [2.45, 2.75) is 39.2 Å². The van der Waals surface area contributed by atoms with E-state index in [1.54, 1.807) is 7.11 Å². The topological polar surface area (TPSA) is 87.7 Å². The van der Waals surface area contributed by atoms with Crippen molar-refractivity contribution < 1.29 is 19.4 Å². The van der Waals surface area contributed by atoms with Crippen molar-refractivity contribution in [3.63, 3.8) is 0 Å². The average molecular weight is 260 g/mol. The maximum atomic E-state index is 11.6. The Balaban J connectivity index is 3.85. The number of nitrogens with one attached hydrogen (secondary N) is 2. The SMILES string of the molecule is COCC(C)(C)NC(=O)NCC(C)CCC(=O)O. The van der Waals surface area contributed by atoms with Gasteiger partial charge in [-0.15, -0.1) is 0 Å². The van der Waals surface area contributed by atoms with Crippen LogP contribution in [0.2, 0.25) is 0 Å². The number of amides is 2. The molecule has 0 aromatic heterocycles. The molecule has 18 heavy (non-hydrogen) atoms. The van der Waals surface area contributed by atoms with E-state index in [-0.39, 0.29) is 18.4 Å². The van der Waals surface area contributed by atoms with Crippen LogP contribution in [-0.4, -0.2) is 42.9 Å². The van der Waals surface area contributed by atoms with Gasteiger partial charge in [0.05, 0.1) is 12.1 Å². The minimum Gasteiger partial charge on any atom is -0.481 e.